The summed E-state index contributed by atoms with van der Waals surface area (Å²) in [6.07, 6.45) is 3.90. The van der Waals surface area contributed by atoms with Crippen molar-refractivity contribution in [3.63, 3.8) is 0 Å². The molecule has 18 heavy (non-hydrogen) atoms. The van der Waals surface area contributed by atoms with Crippen LogP contribution in [0.3, 0.4) is 0 Å². The van der Waals surface area contributed by atoms with Crippen molar-refractivity contribution in [3.05, 3.63) is 11.8 Å². The number of aromatic nitrogens is 2. The zero-order valence-corrected chi connectivity index (χ0v) is 11.8. The van der Waals surface area contributed by atoms with Gasteiger partial charge >= 0.3 is 0 Å². The van der Waals surface area contributed by atoms with Gasteiger partial charge in [0.15, 0.2) is 0 Å². The molecule has 3 atom stereocenters. The molecular weight excluding hydrogens is 224 g/mol. The van der Waals surface area contributed by atoms with Gasteiger partial charge in [0, 0.05) is 24.8 Å². The van der Waals surface area contributed by atoms with Crippen LogP contribution in [0.2, 0.25) is 0 Å². The van der Waals surface area contributed by atoms with Gasteiger partial charge in [-0.15, -0.1) is 0 Å². The van der Waals surface area contributed by atoms with E-state index in [0.29, 0.717) is 17.9 Å². The molecule has 1 aliphatic rings. The van der Waals surface area contributed by atoms with E-state index in [4.69, 9.17) is 0 Å². The fourth-order valence-corrected chi connectivity index (χ4v) is 2.73. The van der Waals surface area contributed by atoms with Gasteiger partial charge in [-0.05, 0) is 25.2 Å². The third-order valence-electron chi connectivity index (χ3n) is 4.12. The van der Waals surface area contributed by atoms with Gasteiger partial charge in [0.05, 0.1) is 0 Å². The van der Waals surface area contributed by atoms with E-state index in [1.54, 1.807) is 0 Å². The van der Waals surface area contributed by atoms with Crippen LogP contribution in [0.1, 0.15) is 38.8 Å². The molecule has 0 bridgehead atoms. The normalized spacial score (nSPS) is 27.9. The molecule has 0 spiro atoms. The first-order chi connectivity index (χ1) is 8.60. The van der Waals surface area contributed by atoms with E-state index in [-0.39, 0.29) is 0 Å². The summed E-state index contributed by atoms with van der Waals surface area (Å²) in [7, 11) is 1.85. The van der Waals surface area contributed by atoms with E-state index >= 15 is 0 Å². The van der Waals surface area contributed by atoms with Crippen molar-refractivity contribution in [1.82, 2.24) is 9.97 Å². The van der Waals surface area contributed by atoms with Gasteiger partial charge in [0.25, 0.3) is 0 Å². The van der Waals surface area contributed by atoms with Gasteiger partial charge in [0.2, 0.25) is 5.95 Å². The Morgan fingerprint density at radius 3 is 2.72 bits per heavy atom. The van der Waals surface area contributed by atoms with Crippen molar-refractivity contribution in [2.24, 2.45) is 11.8 Å². The van der Waals surface area contributed by atoms with Crippen LogP contribution in [0, 0.1) is 18.8 Å². The van der Waals surface area contributed by atoms with Crippen LogP contribution in [0.5, 0.6) is 0 Å². The molecule has 2 rings (SSSR count). The summed E-state index contributed by atoms with van der Waals surface area (Å²) >= 11 is 0. The molecule has 1 aromatic heterocycles. The van der Waals surface area contributed by atoms with Crippen LogP contribution in [0.25, 0.3) is 0 Å². The average molecular weight is 248 g/mol. The molecule has 1 saturated carbocycles. The van der Waals surface area contributed by atoms with Gasteiger partial charge in [-0.1, -0.05) is 26.7 Å². The predicted molar refractivity (Wildman–Crippen MR) is 75.9 cm³/mol. The number of nitrogens with one attached hydrogen (secondary N) is 2. The Bertz CT molecular complexity index is 405. The molecule has 0 saturated heterocycles. The van der Waals surface area contributed by atoms with Crippen LogP contribution in [-0.4, -0.2) is 23.1 Å². The maximum absolute atomic E-state index is 4.47. The second-order valence-electron chi connectivity index (χ2n) is 5.49. The zero-order chi connectivity index (χ0) is 13.1. The monoisotopic (exact) mass is 248 g/mol. The van der Waals surface area contributed by atoms with E-state index in [2.05, 4.69) is 34.4 Å². The summed E-state index contributed by atoms with van der Waals surface area (Å²) in [5.74, 6) is 3.13. The lowest BCUT2D eigenvalue weighted by atomic mass is 9.78. The Labute approximate surface area is 110 Å². The molecule has 1 aromatic rings. The Morgan fingerprint density at radius 1 is 1.22 bits per heavy atom. The molecule has 4 nitrogen and oxygen atoms in total. The summed E-state index contributed by atoms with van der Waals surface area (Å²) in [5, 5.41) is 6.59. The summed E-state index contributed by atoms with van der Waals surface area (Å²) < 4.78 is 0. The lowest BCUT2D eigenvalue weighted by Gasteiger charge is -2.35. The van der Waals surface area contributed by atoms with Crippen molar-refractivity contribution < 1.29 is 0 Å². The molecule has 100 valence electrons. The Kier molecular flexibility index (Phi) is 4.04. The number of nitrogens with zero attached hydrogens (tertiary/aromatic N) is 2. The number of hydrogen-bond donors (Lipinski definition) is 2. The maximum Gasteiger partial charge on any atom is 0.224 e. The number of anilines is 2. The fraction of sp³-hybridized carbons (Fsp3) is 0.714. The molecule has 4 heteroatoms. The van der Waals surface area contributed by atoms with Gasteiger partial charge in [-0.2, -0.15) is 4.98 Å². The number of rotatable bonds is 3. The van der Waals surface area contributed by atoms with E-state index in [0.717, 1.165) is 17.4 Å². The van der Waals surface area contributed by atoms with Crippen molar-refractivity contribution >= 4 is 11.8 Å². The van der Waals surface area contributed by atoms with Gasteiger partial charge < -0.3 is 10.6 Å². The van der Waals surface area contributed by atoms with Crippen molar-refractivity contribution in [3.8, 4) is 0 Å². The largest absolute Gasteiger partial charge is 0.367 e. The van der Waals surface area contributed by atoms with E-state index < -0.39 is 0 Å². The van der Waals surface area contributed by atoms with Crippen LogP contribution in [0.4, 0.5) is 11.8 Å². The molecule has 0 aromatic carbocycles. The van der Waals surface area contributed by atoms with E-state index in [1.165, 1.54) is 19.3 Å². The number of aryl methyl sites for hydroxylation is 1. The Balaban J connectivity index is 2.10. The topological polar surface area (TPSA) is 49.8 Å². The molecule has 3 unspecified atom stereocenters. The first kappa shape index (κ1) is 13.1. The van der Waals surface area contributed by atoms with Gasteiger partial charge in [-0.25, -0.2) is 4.98 Å². The molecule has 1 aliphatic carbocycles. The standard InChI is InChI=1S/C14H24N4/c1-9-6-5-7-12(11(9)3)17-13-8-10(2)16-14(15-4)18-13/h8-9,11-12H,5-7H2,1-4H3,(H2,15,16,17,18). The SMILES string of the molecule is CNc1nc(C)cc(NC2CCCC(C)C2C)n1. The van der Waals surface area contributed by atoms with Gasteiger partial charge in [0.1, 0.15) is 5.82 Å². The first-order valence-electron chi connectivity index (χ1n) is 6.90. The van der Waals surface area contributed by atoms with Crippen LogP contribution >= 0.6 is 0 Å². The lowest BCUT2D eigenvalue weighted by Crippen LogP contribution is -2.35. The van der Waals surface area contributed by atoms with Crippen LogP contribution in [0.15, 0.2) is 6.07 Å². The van der Waals surface area contributed by atoms with E-state index in [9.17, 15) is 0 Å². The summed E-state index contributed by atoms with van der Waals surface area (Å²) in [4.78, 5) is 8.79. The molecular formula is C14H24N4. The first-order valence-corrected chi connectivity index (χ1v) is 6.90. The molecule has 0 amide bonds. The minimum atomic E-state index is 0.535. The zero-order valence-electron chi connectivity index (χ0n) is 11.8. The summed E-state index contributed by atoms with van der Waals surface area (Å²) in [6, 6.07) is 2.56. The predicted octanol–water partition coefficient (Wildman–Crippen LogP) is 3.06. The maximum atomic E-state index is 4.47. The van der Waals surface area contributed by atoms with Crippen molar-refractivity contribution in [2.75, 3.05) is 17.7 Å². The molecule has 2 N–H and O–H groups in total. The number of hydrogen-bond acceptors (Lipinski definition) is 4. The van der Waals surface area contributed by atoms with Crippen LogP contribution in [-0.2, 0) is 0 Å². The third-order valence-corrected chi connectivity index (χ3v) is 4.12. The minimum absolute atomic E-state index is 0.535. The minimum Gasteiger partial charge on any atom is -0.367 e. The quantitative estimate of drug-likeness (QED) is 0.863. The average Bonchev–Trinajstić information content (AvgIpc) is 2.34. The molecule has 1 fully saturated rings. The Hall–Kier alpha value is -1.32. The highest BCUT2D eigenvalue weighted by atomic mass is 15.1. The molecule has 0 aliphatic heterocycles. The summed E-state index contributed by atoms with van der Waals surface area (Å²) in [5.41, 5.74) is 0.994. The Morgan fingerprint density at radius 2 is 2.00 bits per heavy atom. The van der Waals surface area contributed by atoms with Crippen molar-refractivity contribution in [2.45, 2.75) is 46.1 Å². The highest BCUT2D eigenvalue weighted by Gasteiger charge is 2.27. The highest BCUT2D eigenvalue weighted by molar-refractivity contribution is 5.42. The van der Waals surface area contributed by atoms with Crippen LogP contribution < -0.4 is 10.6 Å². The second kappa shape index (κ2) is 5.55. The molecule has 1 heterocycles. The summed E-state index contributed by atoms with van der Waals surface area (Å²) in [6.45, 7) is 6.69. The fourth-order valence-electron chi connectivity index (χ4n) is 2.73. The van der Waals surface area contributed by atoms with E-state index in [1.807, 2.05) is 20.0 Å². The second-order valence-corrected chi connectivity index (χ2v) is 5.49. The smallest absolute Gasteiger partial charge is 0.224 e. The van der Waals surface area contributed by atoms with Gasteiger partial charge in [-0.3, -0.25) is 0 Å². The molecule has 0 radical (unpaired) electrons. The lowest BCUT2D eigenvalue weighted by molar-refractivity contribution is 0.253. The van der Waals surface area contributed by atoms with Crippen molar-refractivity contribution in [1.29, 1.82) is 0 Å². The highest BCUT2D eigenvalue weighted by Crippen LogP contribution is 2.31. The third kappa shape index (κ3) is 2.92.